The van der Waals surface area contributed by atoms with Gasteiger partial charge in [0.15, 0.2) is 0 Å². The molecule has 1 aliphatic rings. The normalized spacial score (nSPS) is 15.0. The highest BCUT2D eigenvalue weighted by Crippen LogP contribution is 2.34. The number of benzene rings is 1. The number of amides is 1. The summed E-state index contributed by atoms with van der Waals surface area (Å²) in [5, 5.41) is 41.1. The molecule has 0 unspecified atom stereocenters. The number of methoxy groups -OCH3 is 1. The van der Waals surface area contributed by atoms with E-state index in [-0.39, 0.29) is 11.4 Å². The first-order valence-electron chi connectivity index (χ1n) is 12.9. The van der Waals surface area contributed by atoms with Crippen LogP contribution in [0.4, 0.5) is 5.69 Å². The van der Waals surface area contributed by atoms with Crippen molar-refractivity contribution in [3.8, 4) is 0 Å². The van der Waals surface area contributed by atoms with E-state index in [0.717, 1.165) is 44.6 Å². The summed E-state index contributed by atoms with van der Waals surface area (Å²) in [5.74, 6) is -5.81. The number of anilines is 1. The number of likely N-dealkylation sites (tertiary alicyclic amines) is 1. The summed E-state index contributed by atoms with van der Waals surface area (Å²) in [6, 6.07) is 14.4. The standard InChI is InChI=1S/C22H30N2O2S.C6H8O7/c1-3-21(25)24(19-8-5-4-6-9-19)22(18-26-2)12-15-23(16-13-22)14-11-20-10-7-17-27-20;7-3(8)1-6(13,5(11)12)2-4(9)10/h4-10,17H,3,11-16,18H2,1-2H3;13H,1-2H2,(H,7,8)(H,9,10)(H,11,12)/p-3. The Morgan fingerprint density at radius 1 is 1.02 bits per heavy atom. The molecule has 40 heavy (non-hydrogen) atoms. The Bertz CT molecular complexity index is 1080. The minimum atomic E-state index is -2.97. The average molecular weight is 576 g/mol. The fourth-order valence-electron chi connectivity index (χ4n) is 4.72. The first-order chi connectivity index (χ1) is 19.0. The van der Waals surface area contributed by atoms with Gasteiger partial charge in [0.1, 0.15) is 5.60 Å². The van der Waals surface area contributed by atoms with E-state index in [1.54, 1.807) is 7.11 Å². The van der Waals surface area contributed by atoms with Crippen LogP contribution in [0.3, 0.4) is 0 Å². The zero-order valence-corrected chi connectivity index (χ0v) is 23.5. The summed E-state index contributed by atoms with van der Waals surface area (Å²) in [6.45, 7) is 5.59. The van der Waals surface area contributed by atoms with Gasteiger partial charge in [-0.2, -0.15) is 0 Å². The van der Waals surface area contributed by atoms with E-state index in [2.05, 4.69) is 22.4 Å². The van der Waals surface area contributed by atoms with Crippen molar-refractivity contribution in [3.05, 3.63) is 52.7 Å². The van der Waals surface area contributed by atoms with Crippen LogP contribution in [-0.4, -0.2) is 78.3 Å². The number of ether oxygens (including phenoxy) is 1. The van der Waals surface area contributed by atoms with E-state index in [4.69, 9.17) is 9.84 Å². The van der Waals surface area contributed by atoms with E-state index in [0.29, 0.717) is 13.0 Å². The number of aliphatic hydroxyl groups is 1. The predicted molar refractivity (Wildman–Crippen MR) is 142 cm³/mol. The Balaban J connectivity index is 0.000000366. The zero-order chi connectivity index (χ0) is 29.8. The lowest BCUT2D eigenvalue weighted by Crippen LogP contribution is -2.60. The van der Waals surface area contributed by atoms with Crippen molar-refractivity contribution in [3.63, 3.8) is 0 Å². The van der Waals surface area contributed by atoms with Crippen molar-refractivity contribution in [1.82, 2.24) is 4.90 Å². The highest BCUT2D eigenvalue weighted by atomic mass is 32.1. The van der Waals surface area contributed by atoms with Crippen molar-refractivity contribution >= 4 is 40.8 Å². The molecule has 1 saturated heterocycles. The highest BCUT2D eigenvalue weighted by Gasteiger charge is 2.42. The molecule has 0 bridgehead atoms. The van der Waals surface area contributed by atoms with Crippen LogP contribution < -0.4 is 20.2 Å². The molecule has 0 saturated carbocycles. The first kappa shape index (κ1) is 32.9. The monoisotopic (exact) mass is 575 g/mol. The van der Waals surface area contributed by atoms with Gasteiger partial charge in [0.05, 0.1) is 18.1 Å². The van der Waals surface area contributed by atoms with Crippen molar-refractivity contribution < 1.29 is 44.3 Å². The number of hydrogen-bond acceptors (Lipinski definition) is 11. The minimum absolute atomic E-state index is 0.172. The molecule has 11 nitrogen and oxygen atoms in total. The fourth-order valence-corrected chi connectivity index (χ4v) is 5.42. The predicted octanol–water partition coefficient (Wildman–Crippen LogP) is -1.04. The van der Waals surface area contributed by atoms with E-state index in [1.807, 2.05) is 53.5 Å². The average Bonchev–Trinajstić information content (AvgIpc) is 3.42. The number of hydrogen-bond donors (Lipinski definition) is 1. The maximum Gasteiger partial charge on any atom is 0.227 e. The maximum atomic E-state index is 12.9. The highest BCUT2D eigenvalue weighted by molar-refractivity contribution is 7.09. The van der Waals surface area contributed by atoms with Crippen LogP contribution in [-0.2, 0) is 30.3 Å². The summed E-state index contributed by atoms with van der Waals surface area (Å²) in [5.41, 5.74) is -2.26. The van der Waals surface area contributed by atoms with Crippen LogP contribution in [0.15, 0.2) is 47.8 Å². The lowest BCUT2D eigenvalue weighted by Gasteiger charge is -2.48. The number of carboxylic acids is 3. The zero-order valence-electron chi connectivity index (χ0n) is 22.7. The topological polar surface area (TPSA) is 173 Å². The second-order valence-electron chi connectivity index (χ2n) is 9.66. The largest absolute Gasteiger partial charge is 0.550 e. The van der Waals surface area contributed by atoms with Gasteiger partial charge >= 0.3 is 0 Å². The molecule has 220 valence electrons. The molecule has 3 rings (SSSR count). The van der Waals surface area contributed by atoms with E-state index in [1.165, 1.54) is 4.88 Å². The van der Waals surface area contributed by atoms with Crippen LogP contribution in [0.5, 0.6) is 0 Å². The van der Waals surface area contributed by atoms with Crippen molar-refractivity contribution in [2.45, 2.75) is 56.6 Å². The molecule has 12 heteroatoms. The van der Waals surface area contributed by atoms with Crippen molar-refractivity contribution in [1.29, 1.82) is 0 Å². The molecule has 1 aromatic carbocycles. The Hall–Kier alpha value is -3.32. The van der Waals surface area contributed by atoms with Gasteiger partial charge in [0, 0.05) is 68.5 Å². The second-order valence-corrected chi connectivity index (χ2v) is 10.7. The van der Waals surface area contributed by atoms with Gasteiger partial charge in [0.2, 0.25) is 5.91 Å². The van der Waals surface area contributed by atoms with Gasteiger partial charge in [-0.1, -0.05) is 31.2 Å². The number of carbonyl (C=O) groups excluding carboxylic acids is 4. The number of rotatable bonds is 13. The molecule has 1 fully saturated rings. The summed E-state index contributed by atoms with van der Waals surface area (Å²) in [4.78, 5) is 48.9. The molecule has 2 aromatic rings. The summed E-state index contributed by atoms with van der Waals surface area (Å²) < 4.78 is 5.63. The second kappa shape index (κ2) is 15.5. The maximum absolute atomic E-state index is 12.9. The van der Waals surface area contributed by atoms with E-state index < -0.39 is 36.4 Å². The number of carbonyl (C=O) groups is 4. The third-order valence-corrected chi connectivity index (χ3v) is 7.68. The van der Waals surface area contributed by atoms with Crippen LogP contribution in [0.1, 0.15) is 43.9 Å². The molecule has 1 aliphatic heterocycles. The number of aliphatic carboxylic acids is 3. The SMILES string of the molecule is CCC(=O)N(c1ccccc1)C1(COC)CCN(CCc2cccs2)CC1.O=C([O-])CC(O)(CC(=O)[O-])C(=O)[O-]. The number of para-hydroxylation sites is 1. The van der Waals surface area contributed by atoms with Gasteiger partial charge in [-0.25, -0.2) is 0 Å². The Morgan fingerprint density at radius 3 is 2.08 bits per heavy atom. The summed E-state index contributed by atoms with van der Waals surface area (Å²) in [6.07, 6.45) is 0.762. The molecule has 2 heterocycles. The van der Waals surface area contributed by atoms with Crippen LogP contribution >= 0.6 is 11.3 Å². The molecule has 0 radical (unpaired) electrons. The van der Waals surface area contributed by atoms with Crippen LogP contribution in [0, 0.1) is 0 Å². The molecule has 0 spiro atoms. The van der Waals surface area contributed by atoms with Crippen LogP contribution in [0.2, 0.25) is 0 Å². The lowest BCUT2D eigenvalue weighted by molar-refractivity contribution is -0.339. The third-order valence-electron chi connectivity index (χ3n) is 6.75. The Kier molecular flexibility index (Phi) is 12.7. The Morgan fingerprint density at radius 2 is 1.62 bits per heavy atom. The van der Waals surface area contributed by atoms with Crippen molar-refractivity contribution in [2.75, 3.05) is 38.3 Å². The van der Waals surface area contributed by atoms with Gasteiger partial charge < -0.3 is 49.3 Å². The van der Waals surface area contributed by atoms with Gasteiger partial charge in [-0.05, 0) is 42.8 Å². The van der Waals surface area contributed by atoms with E-state index in [9.17, 15) is 34.5 Å². The molecular formula is C28H35N2O9S-3. The smallest absolute Gasteiger partial charge is 0.227 e. The molecule has 1 amide bonds. The number of piperidine rings is 1. The molecule has 1 N–H and O–H groups in total. The van der Waals surface area contributed by atoms with E-state index >= 15 is 0 Å². The molecule has 1 aromatic heterocycles. The molecular weight excluding hydrogens is 540 g/mol. The van der Waals surface area contributed by atoms with Crippen molar-refractivity contribution in [2.24, 2.45) is 0 Å². The first-order valence-corrected chi connectivity index (χ1v) is 13.8. The van der Waals surface area contributed by atoms with Gasteiger partial charge in [-0.3, -0.25) is 4.79 Å². The number of nitrogens with zero attached hydrogens (tertiary/aromatic N) is 2. The quantitative estimate of drug-likeness (QED) is 0.311. The summed E-state index contributed by atoms with van der Waals surface area (Å²) in [7, 11) is 1.74. The third kappa shape index (κ3) is 9.40. The Labute approximate surface area is 237 Å². The number of thiophene rings is 1. The lowest BCUT2D eigenvalue weighted by atomic mass is 9.85. The summed E-state index contributed by atoms with van der Waals surface area (Å²) >= 11 is 1.83. The van der Waals surface area contributed by atoms with Crippen LogP contribution in [0.25, 0.3) is 0 Å². The molecule has 0 atom stereocenters. The molecule has 0 aliphatic carbocycles. The number of carboxylic acid groups (broad SMARTS) is 3. The van der Waals surface area contributed by atoms with Gasteiger partial charge in [-0.15, -0.1) is 11.3 Å². The fraction of sp³-hybridized carbons (Fsp3) is 0.500. The minimum Gasteiger partial charge on any atom is -0.550 e. The van der Waals surface area contributed by atoms with Gasteiger partial charge in [0.25, 0.3) is 0 Å².